The quantitative estimate of drug-likeness (QED) is 0.441. The first-order valence-corrected chi connectivity index (χ1v) is 16.3. The number of aliphatic hydroxyl groups is 2. The molecule has 0 bridgehead atoms. The Morgan fingerprint density at radius 1 is 0.864 bits per heavy atom. The van der Waals surface area contributed by atoms with Crippen LogP contribution in [0.5, 0.6) is 0 Å². The van der Waals surface area contributed by atoms with Crippen LogP contribution >= 0.6 is 11.6 Å². The molecule has 0 unspecified atom stereocenters. The van der Waals surface area contributed by atoms with Crippen molar-refractivity contribution in [1.82, 2.24) is 0 Å². The predicted octanol–water partition coefficient (Wildman–Crippen LogP) is 2.13. The number of hydrogen-bond acceptors (Lipinski definition) is 7. The second kappa shape index (κ2) is 13.7. The lowest BCUT2D eigenvalue weighted by molar-refractivity contribution is -2.00. The van der Waals surface area contributed by atoms with Gasteiger partial charge in [-0.2, -0.15) is 4.58 Å². The van der Waals surface area contributed by atoms with Gasteiger partial charge in [0.2, 0.25) is 5.69 Å². The summed E-state index contributed by atoms with van der Waals surface area (Å²) in [6.07, 6.45) is 11.7. The highest BCUT2D eigenvalue weighted by Crippen LogP contribution is 2.47. The van der Waals surface area contributed by atoms with Crippen molar-refractivity contribution in [3.05, 3.63) is 106 Å². The van der Waals surface area contributed by atoms with E-state index in [-0.39, 0.29) is 24.0 Å². The van der Waals surface area contributed by atoms with Crippen molar-refractivity contribution in [2.24, 2.45) is 0 Å². The van der Waals surface area contributed by atoms with Gasteiger partial charge in [-0.3, -0.25) is 0 Å². The Kier molecular flexibility index (Phi) is 10.6. The first kappa shape index (κ1) is 34.1. The highest BCUT2D eigenvalue weighted by molar-refractivity contribution is 6.32. The van der Waals surface area contributed by atoms with E-state index >= 15 is 0 Å². The summed E-state index contributed by atoms with van der Waals surface area (Å²) in [6.45, 7) is 10.3. The fourth-order valence-corrected chi connectivity index (χ4v) is 6.85. The maximum Gasteiger partial charge on any atom is 0.209 e. The summed E-state index contributed by atoms with van der Waals surface area (Å²) in [4.78, 5) is 2.24. The number of halogens is 2. The first-order valence-electron chi connectivity index (χ1n) is 14.6. The standard InChI is InChI=1S/C34H40ClN2O2.ClHO4/c1-33(2)26-12-5-7-14-28(26)36(20-22-38)30(33)18-16-24-10-9-11-25(32(24)35)17-19-31-34(3,4)27-13-6-8-15-29(27)37(31)21-23-39;2-1(3,4)5/h5-8,12-19,38-39H,9-11,20-23H2,1-4H3;(H,2,3,4,5)/q+1;/p-1. The van der Waals surface area contributed by atoms with Gasteiger partial charge in [0.25, 0.3) is 0 Å². The largest absolute Gasteiger partial charge is 0.395 e. The van der Waals surface area contributed by atoms with Crippen molar-refractivity contribution >= 4 is 28.7 Å². The molecule has 0 saturated carbocycles. The highest BCUT2D eigenvalue weighted by Gasteiger charge is 2.44. The van der Waals surface area contributed by atoms with Crippen LogP contribution in [0.2, 0.25) is 0 Å². The average Bonchev–Trinajstić information content (AvgIpc) is 3.30. The molecule has 0 radical (unpaired) electrons. The first-order chi connectivity index (χ1) is 20.7. The Balaban J connectivity index is 0.000000818. The fraction of sp³-hybridized carbons (Fsp3) is 0.382. The summed E-state index contributed by atoms with van der Waals surface area (Å²) >= 11 is 7.05. The van der Waals surface area contributed by atoms with Crippen molar-refractivity contribution in [3.8, 4) is 0 Å². The van der Waals surface area contributed by atoms with E-state index in [1.165, 1.54) is 33.9 Å². The molecule has 0 atom stereocenters. The smallest absolute Gasteiger partial charge is 0.209 e. The van der Waals surface area contributed by atoms with Gasteiger partial charge in [0.05, 0.1) is 12.0 Å². The normalized spacial score (nSPS) is 20.8. The Morgan fingerprint density at radius 2 is 1.50 bits per heavy atom. The topological polar surface area (TPSA) is 139 Å². The van der Waals surface area contributed by atoms with Crippen LogP contribution in [0.25, 0.3) is 0 Å². The zero-order chi connectivity index (χ0) is 32.3. The molecule has 8 nitrogen and oxygen atoms in total. The number of para-hydroxylation sites is 2. The molecular formula is C34H40Cl2N2O6. The molecule has 44 heavy (non-hydrogen) atoms. The molecule has 2 aliphatic heterocycles. The molecule has 0 spiro atoms. The van der Waals surface area contributed by atoms with E-state index in [1.807, 2.05) is 0 Å². The molecule has 3 aliphatic rings. The number of fused-ring (bicyclic) bond motifs is 2. The lowest BCUT2D eigenvalue weighted by Crippen LogP contribution is -2.68. The van der Waals surface area contributed by atoms with Crippen LogP contribution < -0.4 is 23.5 Å². The van der Waals surface area contributed by atoms with Crippen LogP contribution in [0.4, 0.5) is 11.4 Å². The van der Waals surface area contributed by atoms with Crippen molar-refractivity contribution in [2.45, 2.75) is 57.8 Å². The molecule has 236 valence electrons. The maximum absolute atomic E-state index is 9.79. The summed E-state index contributed by atoms with van der Waals surface area (Å²) < 4.78 is 36.2. The summed E-state index contributed by atoms with van der Waals surface area (Å²) in [5.41, 5.74) is 9.23. The summed E-state index contributed by atoms with van der Waals surface area (Å²) in [5, 5.41) is 20.4. The third-order valence-corrected chi connectivity index (χ3v) is 9.07. The fourth-order valence-electron chi connectivity index (χ4n) is 6.53. The highest BCUT2D eigenvalue weighted by atomic mass is 35.7. The van der Waals surface area contributed by atoms with E-state index < -0.39 is 10.2 Å². The van der Waals surface area contributed by atoms with Crippen molar-refractivity contribution in [1.29, 1.82) is 0 Å². The van der Waals surface area contributed by atoms with E-state index in [0.717, 1.165) is 35.4 Å². The Hall–Kier alpha value is -2.79. The SMILES string of the molecule is CC1(C)C(=CC=C2CCCC(C=CC3=[N+](CCO)c4ccccc4C3(C)C)=C2Cl)N(CCO)c2ccccc21.[O-][Cl+3]([O-])([O-])[O-]. The van der Waals surface area contributed by atoms with Gasteiger partial charge in [-0.05, 0) is 62.0 Å². The third-order valence-electron chi connectivity index (χ3n) is 8.59. The minimum atomic E-state index is -4.94. The Labute approximate surface area is 266 Å². The summed E-state index contributed by atoms with van der Waals surface area (Å²) in [6, 6.07) is 16.9. The Bertz CT molecular complexity index is 1530. The maximum atomic E-state index is 9.79. The molecule has 2 aromatic rings. The van der Waals surface area contributed by atoms with Crippen molar-refractivity contribution in [2.75, 3.05) is 31.2 Å². The van der Waals surface area contributed by atoms with Gasteiger partial charge in [0, 0.05) is 46.1 Å². The van der Waals surface area contributed by atoms with E-state index in [0.29, 0.717) is 13.1 Å². The monoisotopic (exact) mass is 642 g/mol. The van der Waals surface area contributed by atoms with E-state index in [4.69, 9.17) is 30.2 Å². The lowest BCUT2D eigenvalue weighted by Gasteiger charge is -2.26. The molecule has 5 rings (SSSR count). The minimum Gasteiger partial charge on any atom is -0.395 e. The number of nitrogens with zero attached hydrogens (tertiary/aromatic N) is 2. The van der Waals surface area contributed by atoms with Gasteiger partial charge in [0.1, 0.15) is 6.61 Å². The van der Waals surface area contributed by atoms with Gasteiger partial charge in [-0.25, -0.2) is 18.6 Å². The number of rotatable bonds is 7. The molecule has 0 amide bonds. The second-order valence-electron chi connectivity index (χ2n) is 12.1. The predicted molar refractivity (Wildman–Crippen MR) is 162 cm³/mol. The van der Waals surface area contributed by atoms with Crippen molar-refractivity contribution < 1.29 is 43.7 Å². The number of aliphatic hydroxyl groups excluding tert-OH is 2. The minimum absolute atomic E-state index is 0.0975. The number of allylic oxidation sites excluding steroid dienone is 8. The molecule has 10 heteroatoms. The lowest BCUT2D eigenvalue weighted by atomic mass is 9.81. The van der Waals surface area contributed by atoms with Gasteiger partial charge >= 0.3 is 0 Å². The van der Waals surface area contributed by atoms with Crippen LogP contribution in [0.1, 0.15) is 58.1 Å². The molecule has 0 fully saturated rings. The number of benzene rings is 2. The average molecular weight is 644 g/mol. The molecule has 2 aromatic carbocycles. The van der Waals surface area contributed by atoms with Gasteiger partial charge in [0.15, 0.2) is 12.3 Å². The zero-order valence-electron chi connectivity index (χ0n) is 25.6. The van der Waals surface area contributed by atoms with Crippen LogP contribution in [0.3, 0.4) is 0 Å². The molecular weight excluding hydrogens is 603 g/mol. The molecule has 0 saturated heterocycles. The van der Waals surface area contributed by atoms with Crippen LogP contribution in [-0.4, -0.2) is 46.8 Å². The van der Waals surface area contributed by atoms with Crippen LogP contribution in [-0.2, 0) is 10.8 Å². The summed E-state index contributed by atoms with van der Waals surface area (Å²) in [7, 11) is -4.94. The zero-order valence-corrected chi connectivity index (χ0v) is 27.1. The van der Waals surface area contributed by atoms with Gasteiger partial charge < -0.3 is 15.1 Å². The van der Waals surface area contributed by atoms with Crippen LogP contribution in [0.15, 0.2) is 94.7 Å². The molecule has 1 aliphatic carbocycles. The summed E-state index contributed by atoms with van der Waals surface area (Å²) in [5.74, 6) is 0. The number of anilines is 1. The van der Waals surface area contributed by atoms with E-state index in [9.17, 15) is 10.2 Å². The van der Waals surface area contributed by atoms with Gasteiger partial charge in [-0.1, -0.05) is 74.0 Å². The van der Waals surface area contributed by atoms with Gasteiger partial charge in [-0.15, -0.1) is 10.2 Å². The van der Waals surface area contributed by atoms with Crippen molar-refractivity contribution in [3.63, 3.8) is 0 Å². The van der Waals surface area contributed by atoms with E-state index in [2.05, 4.69) is 110 Å². The van der Waals surface area contributed by atoms with E-state index in [1.54, 1.807) is 0 Å². The van der Waals surface area contributed by atoms with Crippen LogP contribution in [0, 0.1) is 10.2 Å². The molecule has 2 heterocycles. The Morgan fingerprint density at radius 3 is 2.16 bits per heavy atom. The second-order valence-corrected chi connectivity index (χ2v) is 13.2. The molecule has 2 N–H and O–H groups in total. The molecule has 0 aromatic heterocycles. The number of β-amino-alcohol motifs (C(OH)–C–C–N with tert-alkyl or cyclic N) is 2. The number of hydrogen-bond donors (Lipinski definition) is 2. The third kappa shape index (κ3) is 7.19.